The van der Waals surface area contributed by atoms with Gasteiger partial charge < -0.3 is 34.7 Å². The first kappa shape index (κ1) is 39.2. The summed E-state index contributed by atoms with van der Waals surface area (Å²) in [5, 5.41) is 2.70. The van der Waals surface area contributed by atoms with Crippen LogP contribution in [0.15, 0.2) is 59.7 Å². The molecule has 0 radical (unpaired) electrons. The zero-order valence-electron chi connectivity index (χ0n) is 32.5. The Labute approximate surface area is 321 Å². The third kappa shape index (κ3) is 9.07. The van der Waals surface area contributed by atoms with Crippen molar-refractivity contribution in [2.24, 2.45) is 16.8 Å². The van der Waals surface area contributed by atoms with Crippen molar-refractivity contribution in [1.29, 1.82) is 0 Å². The molecule has 2 fully saturated rings. The zero-order valence-corrected chi connectivity index (χ0v) is 32.5. The van der Waals surface area contributed by atoms with Crippen LogP contribution in [0.2, 0.25) is 0 Å². The van der Waals surface area contributed by atoms with Crippen LogP contribution < -0.4 is 5.32 Å². The lowest BCUT2D eigenvalue weighted by atomic mass is 10.0. The number of amides is 3. The molecule has 3 amide bonds. The number of hydrogen-bond acceptors (Lipinski definition) is 9. The molecule has 4 atom stereocenters. The number of H-pyrrole nitrogens is 2. The Kier molecular flexibility index (Phi) is 12.7. The van der Waals surface area contributed by atoms with Gasteiger partial charge in [0.25, 0.3) is 0 Å². The summed E-state index contributed by atoms with van der Waals surface area (Å²) in [4.78, 5) is 72.9. The second kappa shape index (κ2) is 17.8. The number of allylic oxidation sites excluding steroid dienone is 1. The molecule has 6 rings (SSSR count). The van der Waals surface area contributed by atoms with E-state index in [1.54, 1.807) is 0 Å². The Morgan fingerprint density at radius 1 is 0.927 bits per heavy atom. The first-order valence-corrected chi connectivity index (χ1v) is 19.0. The highest BCUT2D eigenvalue weighted by Crippen LogP contribution is 2.34. The number of aliphatic imine (C=N–C) groups is 1. The van der Waals surface area contributed by atoms with Crippen LogP contribution >= 0.6 is 0 Å². The third-order valence-electron chi connectivity index (χ3n) is 10.4. The van der Waals surface area contributed by atoms with Crippen LogP contribution in [-0.2, 0) is 30.5 Å². The minimum Gasteiger partial charge on any atom is -0.453 e. The molecular weight excluding hydrogens is 701 g/mol. The minimum atomic E-state index is -0.677. The molecule has 2 aromatic heterocycles. The van der Waals surface area contributed by atoms with Gasteiger partial charge in [0.15, 0.2) is 0 Å². The number of ether oxygens (including phenoxy) is 1. The largest absolute Gasteiger partial charge is 0.453 e. The van der Waals surface area contributed by atoms with Crippen LogP contribution in [0.1, 0.15) is 88.2 Å². The fraction of sp³-hybridized carbons (Fsp3) is 0.463. The zero-order chi connectivity index (χ0) is 39.1. The van der Waals surface area contributed by atoms with Crippen molar-refractivity contribution in [2.45, 2.75) is 84.0 Å². The van der Waals surface area contributed by atoms with Gasteiger partial charge in [-0.05, 0) is 72.8 Å². The average molecular weight is 753 g/mol. The van der Waals surface area contributed by atoms with Crippen molar-refractivity contribution in [3.8, 4) is 11.3 Å². The highest BCUT2D eigenvalue weighted by Gasteiger charge is 2.38. The molecule has 4 heterocycles. The number of carbonyl (C=O) groups is 3. The van der Waals surface area contributed by atoms with E-state index in [0.717, 1.165) is 77.2 Å². The van der Waals surface area contributed by atoms with E-state index in [-0.39, 0.29) is 35.7 Å². The van der Waals surface area contributed by atoms with Gasteiger partial charge in [-0.1, -0.05) is 70.2 Å². The van der Waals surface area contributed by atoms with E-state index in [0.29, 0.717) is 13.1 Å². The number of benzene rings is 2. The average Bonchev–Trinajstić information content (AvgIpc) is 4.01. The number of imidazole rings is 2. The van der Waals surface area contributed by atoms with E-state index in [9.17, 15) is 14.4 Å². The van der Waals surface area contributed by atoms with E-state index in [4.69, 9.17) is 14.6 Å². The molecule has 0 aliphatic carbocycles. The molecule has 2 saturated heterocycles. The van der Waals surface area contributed by atoms with Crippen molar-refractivity contribution < 1.29 is 28.9 Å². The number of aromatic amines is 2. The maximum Gasteiger partial charge on any atom is 0.407 e. The van der Waals surface area contributed by atoms with Crippen molar-refractivity contribution in [3.05, 3.63) is 77.5 Å². The highest BCUT2D eigenvalue weighted by molar-refractivity contribution is 5.87. The molecule has 0 unspecified atom stereocenters. The second-order valence-electron chi connectivity index (χ2n) is 14.8. The van der Waals surface area contributed by atoms with Gasteiger partial charge in [-0.3, -0.25) is 9.59 Å². The molecule has 2 aromatic carbocycles. The van der Waals surface area contributed by atoms with Crippen LogP contribution in [0, 0.1) is 11.8 Å². The molecule has 0 saturated carbocycles. The molecule has 3 N–H and O–H groups in total. The molecule has 55 heavy (non-hydrogen) atoms. The number of hydrogen-bond donors (Lipinski definition) is 3. The Morgan fingerprint density at radius 3 is 2.31 bits per heavy atom. The molecule has 14 heteroatoms. The normalized spacial score (nSPS) is 18.6. The Balaban J connectivity index is 1.07. The smallest absolute Gasteiger partial charge is 0.407 e. The number of likely N-dealkylation sites (tertiary alicyclic amines) is 2. The lowest BCUT2D eigenvalue weighted by Gasteiger charge is -2.29. The van der Waals surface area contributed by atoms with Crippen molar-refractivity contribution in [2.75, 3.05) is 27.3 Å². The monoisotopic (exact) mass is 752 g/mol. The Hall–Kier alpha value is -5.50. The van der Waals surface area contributed by atoms with Crippen molar-refractivity contribution in [1.82, 2.24) is 35.1 Å². The Morgan fingerprint density at radius 2 is 1.64 bits per heavy atom. The standard InChI is InChI=1S/C41H52N8O6/c1-25(2)35(43-24-55-54-6)39(50)48-20-8-12-33(48)37-42-23-32(46-37)29-17-14-27(15-18-29)10-7-11-28-16-19-30-31(22-28)45-38(44-30)34-13-9-21-49(34)40(51)36(26(3)4)47-41(52)53-5/h7,10,14-19,22-26,33-36H,8-9,11-13,20-21H2,1-6H3,(H,42,46)(H,44,45)(H,47,52)/t33-,34-,35-,36-/m0/s1. The first-order chi connectivity index (χ1) is 26.6. The number of aromatic nitrogens is 4. The van der Waals surface area contributed by atoms with Gasteiger partial charge in [0.2, 0.25) is 18.2 Å². The Bertz CT molecular complexity index is 2000. The lowest BCUT2D eigenvalue weighted by Crippen LogP contribution is -2.51. The fourth-order valence-electron chi connectivity index (χ4n) is 7.45. The number of nitrogens with one attached hydrogen (secondary N) is 3. The number of nitrogens with zero attached hydrogens (tertiary/aromatic N) is 5. The molecule has 4 aromatic rings. The van der Waals surface area contributed by atoms with Crippen LogP contribution in [-0.4, -0.2) is 93.4 Å². The van der Waals surface area contributed by atoms with Crippen LogP contribution in [0.3, 0.4) is 0 Å². The summed E-state index contributed by atoms with van der Waals surface area (Å²) in [6.07, 6.45) is 10.8. The topological polar surface area (TPSA) is 167 Å². The summed E-state index contributed by atoms with van der Waals surface area (Å²) in [5.74, 6) is 1.25. The van der Waals surface area contributed by atoms with Crippen LogP contribution in [0.5, 0.6) is 0 Å². The van der Waals surface area contributed by atoms with Crippen LogP contribution in [0.4, 0.5) is 4.79 Å². The van der Waals surface area contributed by atoms with E-state index in [1.807, 2.05) is 49.8 Å². The van der Waals surface area contributed by atoms with Crippen molar-refractivity contribution in [3.63, 3.8) is 0 Å². The van der Waals surface area contributed by atoms with E-state index < -0.39 is 18.2 Å². The lowest BCUT2D eigenvalue weighted by molar-refractivity contribution is -0.188. The molecule has 292 valence electrons. The maximum absolute atomic E-state index is 13.5. The minimum absolute atomic E-state index is 0.00459. The van der Waals surface area contributed by atoms with Gasteiger partial charge >= 0.3 is 6.09 Å². The van der Waals surface area contributed by atoms with Gasteiger partial charge in [-0.2, -0.15) is 4.89 Å². The SMILES string of the molecule is COOC=N[C@H](C(=O)N1CCC[C@H]1c1ncc(-c2ccc(C=CCc3ccc4nc([C@@H]5CCCN5C(=O)[C@@H](NC(=O)OC)C(C)C)[nH]c4c3)cc2)[nH]1)C(C)C. The molecule has 0 spiro atoms. The van der Waals surface area contributed by atoms with E-state index in [1.165, 1.54) is 20.6 Å². The number of alkyl carbamates (subject to hydrolysis) is 1. The van der Waals surface area contributed by atoms with Gasteiger partial charge in [-0.15, -0.1) is 0 Å². The summed E-state index contributed by atoms with van der Waals surface area (Å²) in [6.45, 7) is 9.01. The highest BCUT2D eigenvalue weighted by atomic mass is 17.2. The van der Waals surface area contributed by atoms with E-state index >= 15 is 0 Å². The van der Waals surface area contributed by atoms with Crippen molar-refractivity contribution >= 4 is 41.4 Å². The van der Waals surface area contributed by atoms with Gasteiger partial charge in [-0.25, -0.2) is 19.8 Å². The van der Waals surface area contributed by atoms with Gasteiger partial charge in [0.1, 0.15) is 23.7 Å². The predicted octanol–water partition coefficient (Wildman–Crippen LogP) is 6.55. The maximum atomic E-state index is 13.5. The summed E-state index contributed by atoms with van der Waals surface area (Å²) in [7, 11) is 2.69. The number of fused-ring (bicyclic) bond motifs is 1. The summed E-state index contributed by atoms with van der Waals surface area (Å²) >= 11 is 0. The molecule has 2 aliphatic rings. The quantitative estimate of drug-likeness (QED) is 0.0565. The third-order valence-corrected chi connectivity index (χ3v) is 10.4. The van der Waals surface area contributed by atoms with E-state index in [2.05, 4.69) is 78.7 Å². The number of carbonyl (C=O) groups excluding carboxylic acids is 3. The second-order valence-corrected chi connectivity index (χ2v) is 14.8. The molecule has 0 bridgehead atoms. The number of methoxy groups -OCH3 is 1. The van der Waals surface area contributed by atoms with Gasteiger partial charge in [0, 0.05) is 13.1 Å². The molecule has 14 nitrogen and oxygen atoms in total. The van der Waals surface area contributed by atoms with Gasteiger partial charge in [0.05, 0.1) is 49.2 Å². The first-order valence-electron chi connectivity index (χ1n) is 19.0. The number of rotatable bonds is 14. The fourth-order valence-corrected chi connectivity index (χ4v) is 7.45. The summed E-state index contributed by atoms with van der Waals surface area (Å²) in [5.41, 5.74) is 5.89. The summed E-state index contributed by atoms with van der Waals surface area (Å²) in [6, 6.07) is 12.9. The predicted molar refractivity (Wildman–Crippen MR) is 210 cm³/mol. The molecular formula is C41H52N8O6. The molecule has 2 aliphatic heterocycles. The summed E-state index contributed by atoms with van der Waals surface area (Å²) < 4.78 is 4.76. The van der Waals surface area contributed by atoms with Crippen LogP contribution in [0.25, 0.3) is 28.4 Å².